The first-order valence-corrected chi connectivity index (χ1v) is 5.95. The summed E-state index contributed by atoms with van der Waals surface area (Å²) < 4.78 is 5.46. The lowest BCUT2D eigenvalue weighted by atomic mass is 10.1. The molecule has 0 radical (unpaired) electrons. The number of hydrogen-bond donors (Lipinski definition) is 4. The normalized spacial score (nSPS) is 18.1. The van der Waals surface area contributed by atoms with Gasteiger partial charge in [-0.05, 0) is 32.9 Å². The minimum absolute atomic E-state index is 0.0275. The molecular formula is C11H22N2O4. The molecule has 0 aromatic heterocycles. The number of ether oxygens (including phenoxy) is 1. The van der Waals surface area contributed by atoms with Gasteiger partial charge in [0.15, 0.2) is 0 Å². The number of piperidine rings is 1. The summed E-state index contributed by atoms with van der Waals surface area (Å²) >= 11 is 0. The van der Waals surface area contributed by atoms with Gasteiger partial charge >= 0.3 is 0 Å². The second-order valence-electron chi connectivity index (χ2n) is 4.69. The molecule has 0 aliphatic carbocycles. The molecule has 6 heteroatoms. The molecule has 0 atom stereocenters. The smallest absolute Gasteiger partial charge is 0.246 e. The first kappa shape index (κ1) is 14.4. The fraction of sp³-hybridized carbons (Fsp3) is 0.909. The van der Waals surface area contributed by atoms with Crippen LogP contribution in [0.25, 0.3) is 0 Å². The highest BCUT2D eigenvalue weighted by molar-refractivity contribution is 5.78. The second kappa shape index (κ2) is 6.90. The van der Waals surface area contributed by atoms with Crippen molar-refractivity contribution >= 4 is 5.91 Å². The predicted octanol–water partition coefficient (Wildman–Crippen LogP) is -1.39. The van der Waals surface area contributed by atoms with E-state index in [-0.39, 0.29) is 31.8 Å². The fourth-order valence-corrected chi connectivity index (χ4v) is 1.66. The summed E-state index contributed by atoms with van der Waals surface area (Å²) in [5, 5.41) is 23.8. The maximum Gasteiger partial charge on any atom is 0.246 e. The van der Waals surface area contributed by atoms with Gasteiger partial charge in [0.1, 0.15) is 6.61 Å². The second-order valence-corrected chi connectivity index (χ2v) is 4.69. The van der Waals surface area contributed by atoms with Crippen molar-refractivity contribution in [3.05, 3.63) is 0 Å². The molecule has 17 heavy (non-hydrogen) atoms. The van der Waals surface area contributed by atoms with E-state index >= 15 is 0 Å². The van der Waals surface area contributed by atoms with E-state index in [1.165, 1.54) is 0 Å². The van der Waals surface area contributed by atoms with Crippen LogP contribution in [0, 0.1) is 0 Å². The minimum atomic E-state index is -0.978. The highest BCUT2D eigenvalue weighted by atomic mass is 16.5. The Morgan fingerprint density at radius 3 is 2.53 bits per heavy atom. The van der Waals surface area contributed by atoms with Crippen LogP contribution < -0.4 is 10.6 Å². The summed E-state index contributed by atoms with van der Waals surface area (Å²) in [6.07, 6.45) is 1.94. The van der Waals surface area contributed by atoms with E-state index in [0.29, 0.717) is 0 Å². The lowest BCUT2D eigenvalue weighted by molar-refractivity contribution is -0.131. The highest BCUT2D eigenvalue weighted by Crippen LogP contribution is 2.07. The lowest BCUT2D eigenvalue weighted by Gasteiger charge is -2.27. The number of aliphatic hydroxyl groups excluding tert-OH is 2. The average Bonchev–Trinajstić information content (AvgIpc) is 2.37. The Morgan fingerprint density at radius 1 is 1.41 bits per heavy atom. The van der Waals surface area contributed by atoms with Gasteiger partial charge in [0.25, 0.3) is 0 Å². The van der Waals surface area contributed by atoms with Gasteiger partial charge in [0.05, 0.1) is 24.9 Å². The quantitative estimate of drug-likeness (QED) is 0.463. The van der Waals surface area contributed by atoms with E-state index in [0.717, 1.165) is 25.9 Å². The minimum Gasteiger partial charge on any atom is -0.394 e. The molecule has 0 aromatic carbocycles. The zero-order valence-corrected chi connectivity index (χ0v) is 10.2. The Hall–Kier alpha value is -0.690. The Labute approximate surface area is 101 Å². The summed E-state index contributed by atoms with van der Waals surface area (Å²) in [5.41, 5.74) is -0.978. The van der Waals surface area contributed by atoms with Crippen molar-refractivity contribution in [3.63, 3.8) is 0 Å². The number of rotatable bonds is 6. The van der Waals surface area contributed by atoms with Gasteiger partial charge in [-0.25, -0.2) is 0 Å². The number of nitrogens with one attached hydrogen (secondary N) is 2. The zero-order chi connectivity index (χ0) is 12.7. The highest BCUT2D eigenvalue weighted by Gasteiger charge is 2.25. The number of hydrogen-bond acceptors (Lipinski definition) is 5. The molecule has 1 rings (SSSR count). The summed E-state index contributed by atoms with van der Waals surface area (Å²) in [4.78, 5) is 11.5. The van der Waals surface area contributed by atoms with Gasteiger partial charge in [-0.1, -0.05) is 0 Å². The third-order valence-corrected chi connectivity index (χ3v) is 2.88. The summed E-state index contributed by atoms with van der Waals surface area (Å²) in [6, 6.07) is 0. The van der Waals surface area contributed by atoms with Gasteiger partial charge in [-0.15, -0.1) is 0 Å². The SMILES string of the molecule is CC(CO)(CO)NC(=O)COC1CCNCC1. The maximum absolute atomic E-state index is 11.5. The summed E-state index contributed by atoms with van der Waals surface area (Å²) in [5.74, 6) is -0.311. The van der Waals surface area contributed by atoms with E-state index in [9.17, 15) is 4.79 Å². The molecule has 0 aromatic rings. The molecule has 0 unspecified atom stereocenters. The molecule has 0 saturated carbocycles. The first-order chi connectivity index (χ1) is 8.09. The first-order valence-electron chi connectivity index (χ1n) is 5.95. The number of amides is 1. The molecular weight excluding hydrogens is 224 g/mol. The van der Waals surface area contributed by atoms with Crippen LogP contribution in [0.5, 0.6) is 0 Å². The van der Waals surface area contributed by atoms with Gasteiger partial charge in [-0.3, -0.25) is 4.79 Å². The van der Waals surface area contributed by atoms with Crippen molar-refractivity contribution in [2.24, 2.45) is 0 Å². The molecule has 100 valence electrons. The zero-order valence-electron chi connectivity index (χ0n) is 10.2. The van der Waals surface area contributed by atoms with E-state index in [2.05, 4.69) is 10.6 Å². The van der Waals surface area contributed by atoms with Crippen LogP contribution in [-0.4, -0.2) is 60.7 Å². The van der Waals surface area contributed by atoms with E-state index in [1.54, 1.807) is 6.92 Å². The van der Waals surface area contributed by atoms with Crippen molar-refractivity contribution < 1.29 is 19.7 Å². The molecule has 1 aliphatic rings. The Bertz CT molecular complexity index is 238. The van der Waals surface area contributed by atoms with Crippen molar-refractivity contribution in [3.8, 4) is 0 Å². The number of carbonyl (C=O) groups is 1. The average molecular weight is 246 g/mol. The molecule has 1 aliphatic heterocycles. The van der Waals surface area contributed by atoms with Crippen LogP contribution >= 0.6 is 0 Å². The van der Waals surface area contributed by atoms with Crippen LogP contribution in [0.4, 0.5) is 0 Å². The monoisotopic (exact) mass is 246 g/mol. The van der Waals surface area contributed by atoms with E-state index in [1.807, 2.05) is 0 Å². The van der Waals surface area contributed by atoms with Crippen LogP contribution in [0.2, 0.25) is 0 Å². The third-order valence-electron chi connectivity index (χ3n) is 2.88. The third kappa shape index (κ3) is 4.99. The van der Waals surface area contributed by atoms with Crippen molar-refractivity contribution in [2.75, 3.05) is 32.9 Å². The van der Waals surface area contributed by atoms with E-state index < -0.39 is 5.54 Å². The van der Waals surface area contributed by atoms with Crippen LogP contribution in [0.3, 0.4) is 0 Å². The Kier molecular flexibility index (Phi) is 5.84. The molecule has 1 fully saturated rings. The summed E-state index contributed by atoms with van der Waals surface area (Å²) in [7, 11) is 0. The molecule has 0 spiro atoms. The van der Waals surface area contributed by atoms with Crippen molar-refractivity contribution in [1.82, 2.24) is 10.6 Å². The summed E-state index contributed by atoms with van der Waals surface area (Å²) in [6.45, 7) is 2.77. The van der Waals surface area contributed by atoms with Crippen LogP contribution in [0.1, 0.15) is 19.8 Å². The topological polar surface area (TPSA) is 90.8 Å². The predicted molar refractivity (Wildman–Crippen MR) is 62.6 cm³/mol. The maximum atomic E-state index is 11.5. The van der Waals surface area contributed by atoms with Crippen molar-refractivity contribution in [1.29, 1.82) is 0 Å². The number of carbonyl (C=O) groups excluding carboxylic acids is 1. The lowest BCUT2D eigenvalue weighted by Crippen LogP contribution is -2.53. The Morgan fingerprint density at radius 2 is 2.00 bits per heavy atom. The molecule has 6 nitrogen and oxygen atoms in total. The van der Waals surface area contributed by atoms with Gasteiger partial charge in [-0.2, -0.15) is 0 Å². The molecule has 1 amide bonds. The largest absolute Gasteiger partial charge is 0.394 e. The molecule has 1 saturated heterocycles. The van der Waals surface area contributed by atoms with Crippen LogP contribution in [-0.2, 0) is 9.53 Å². The number of aliphatic hydroxyl groups is 2. The molecule has 4 N–H and O–H groups in total. The fourth-order valence-electron chi connectivity index (χ4n) is 1.66. The van der Waals surface area contributed by atoms with E-state index in [4.69, 9.17) is 14.9 Å². The standard InChI is InChI=1S/C11H22N2O4/c1-11(7-14,8-15)13-10(16)6-17-9-2-4-12-5-3-9/h9,12,14-15H,2-8H2,1H3,(H,13,16). The van der Waals surface area contributed by atoms with Gasteiger partial charge < -0.3 is 25.6 Å². The van der Waals surface area contributed by atoms with Crippen LogP contribution in [0.15, 0.2) is 0 Å². The molecule has 0 bridgehead atoms. The molecule has 1 heterocycles. The Balaban J connectivity index is 2.24. The van der Waals surface area contributed by atoms with Gasteiger partial charge in [0, 0.05) is 0 Å². The van der Waals surface area contributed by atoms with Gasteiger partial charge in [0.2, 0.25) is 5.91 Å². The van der Waals surface area contributed by atoms with Crippen molar-refractivity contribution in [2.45, 2.75) is 31.4 Å².